The maximum absolute atomic E-state index is 13.4. The zero-order valence-corrected chi connectivity index (χ0v) is 15.4. The van der Waals surface area contributed by atoms with Crippen LogP contribution >= 0.6 is 0 Å². The number of ether oxygens (including phenoxy) is 3. The topological polar surface area (TPSA) is 30.9 Å². The number of nitrogens with zero attached hydrogens (tertiary/aromatic N) is 1. The zero-order valence-electron chi connectivity index (χ0n) is 15.4. The van der Waals surface area contributed by atoms with Crippen molar-refractivity contribution in [3.05, 3.63) is 53.8 Å². The molecule has 0 amide bonds. The van der Waals surface area contributed by atoms with Gasteiger partial charge in [-0.05, 0) is 62.1 Å². The van der Waals surface area contributed by atoms with E-state index in [2.05, 4.69) is 11.9 Å². The second kappa shape index (κ2) is 6.71. The van der Waals surface area contributed by atoms with E-state index in [4.69, 9.17) is 14.2 Å². The second-order valence-corrected chi connectivity index (χ2v) is 7.85. The molecular formula is C22H24FNO3. The first-order valence-electron chi connectivity index (χ1n) is 9.69. The number of hydrogen-bond acceptors (Lipinski definition) is 4. The van der Waals surface area contributed by atoms with Gasteiger partial charge in [0.05, 0.1) is 6.61 Å². The molecule has 27 heavy (non-hydrogen) atoms. The SMILES string of the molecule is CN1[C@@H]2CC[C@H]1[C@@H](COc1ccc3c(c1)OCO3)[C@H](c1ccc(F)cc1)C2. The van der Waals surface area contributed by atoms with Crippen molar-refractivity contribution >= 4 is 0 Å². The fraction of sp³-hybridized carbons (Fsp3) is 0.455. The Hall–Kier alpha value is -2.27. The van der Waals surface area contributed by atoms with Crippen LogP contribution in [0.1, 0.15) is 30.7 Å². The summed E-state index contributed by atoms with van der Waals surface area (Å²) >= 11 is 0. The number of halogens is 1. The highest BCUT2D eigenvalue weighted by molar-refractivity contribution is 5.46. The van der Waals surface area contributed by atoms with Crippen LogP contribution in [0.2, 0.25) is 0 Å². The summed E-state index contributed by atoms with van der Waals surface area (Å²) in [7, 11) is 2.23. The first kappa shape index (κ1) is 16.9. The van der Waals surface area contributed by atoms with E-state index in [-0.39, 0.29) is 12.6 Å². The lowest BCUT2D eigenvalue weighted by atomic mass is 9.76. The Kier molecular flexibility index (Phi) is 4.20. The quantitative estimate of drug-likeness (QED) is 0.808. The molecule has 0 unspecified atom stereocenters. The molecule has 4 nitrogen and oxygen atoms in total. The fourth-order valence-electron chi connectivity index (χ4n) is 5.06. The number of fused-ring (bicyclic) bond motifs is 3. The molecule has 3 heterocycles. The zero-order chi connectivity index (χ0) is 18.4. The largest absolute Gasteiger partial charge is 0.493 e. The van der Waals surface area contributed by atoms with Crippen molar-refractivity contribution < 1.29 is 18.6 Å². The van der Waals surface area contributed by atoms with Gasteiger partial charge in [0.15, 0.2) is 11.5 Å². The van der Waals surface area contributed by atoms with E-state index in [0.29, 0.717) is 30.5 Å². The highest BCUT2D eigenvalue weighted by Crippen LogP contribution is 2.46. The summed E-state index contributed by atoms with van der Waals surface area (Å²) < 4.78 is 30.4. The first-order valence-corrected chi connectivity index (χ1v) is 9.69. The van der Waals surface area contributed by atoms with Gasteiger partial charge in [0.25, 0.3) is 0 Å². The van der Waals surface area contributed by atoms with Crippen LogP contribution in [0.3, 0.4) is 0 Å². The Morgan fingerprint density at radius 2 is 1.89 bits per heavy atom. The van der Waals surface area contributed by atoms with Gasteiger partial charge in [-0.15, -0.1) is 0 Å². The summed E-state index contributed by atoms with van der Waals surface area (Å²) in [6, 6.07) is 13.9. The lowest BCUT2D eigenvalue weighted by Gasteiger charge is -2.43. The maximum Gasteiger partial charge on any atom is 0.231 e. The molecule has 2 aromatic rings. The smallest absolute Gasteiger partial charge is 0.231 e. The number of rotatable bonds is 4. The lowest BCUT2D eigenvalue weighted by Crippen LogP contribution is -2.47. The van der Waals surface area contributed by atoms with E-state index >= 15 is 0 Å². The van der Waals surface area contributed by atoms with Crippen molar-refractivity contribution in [2.24, 2.45) is 5.92 Å². The molecule has 0 saturated carbocycles. The van der Waals surface area contributed by atoms with Crippen molar-refractivity contribution in [2.75, 3.05) is 20.4 Å². The lowest BCUT2D eigenvalue weighted by molar-refractivity contribution is 0.0665. The Morgan fingerprint density at radius 1 is 1.07 bits per heavy atom. The Bertz CT molecular complexity index is 825. The number of hydrogen-bond donors (Lipinski definition) is 0. The minimum atomic E-state index is -0.178. The van der Waals surface area contributed by atoms with E-state index in [1.165, 1.54) is 18.4 Å². The molecule has 5 rings (SSSR count). The van der Waals surface area contributed by atoms with Crippen LogP contribution in [0, 0.1) is 11.7 Å². The third kappa shape index (κ3) is 3.04. The van der Waals surface area contributed by atoms with E-state index in [1.54, 1.807) is 12.1 Å². The molecule has 3 aliphatic rings. The van der Waals surface area contributed by atoms with Gasteiger partial charge in [0.1, 0.15) is 11.6 Å². The first-order chi connectivity index (χ1) is 13.2. The van der Waals surface area contributed by atoms with Gasteiger partial charge in [-0.25, -0.2) is 4.39 Å². The molecule has 2 fully saturated rings. The third-order valence-corrected chi connectivity index (χ3v) is 6.52. The van der Waals surface area contributed by atoms with Gasteiger partial charge in [-0.2, -0.15) is 0 Å². The van der Waals surface area contributed by atoms with Crippen LogP contribution in [0.5, 0.6) is 17.2 Å². The highest BCUT2D eigenvalue weighted by atomic mass is 19.1. The number of benzene rings is 2. The molecule has 2 aromatic carbocycles. The van der Waals surface area contributed by atoms with Gasteiger partial charge in [-0.1, -0.05) is 12.1 Å². The molecule has 3 aliphatic heterocycles. The normalized spacial score (nSPS) is 29.1. The van der Waals surface area contributed by atoms with Crippen molar-refractivity contribution in [2.45, 2.75) is 37.3 Å². The highest BCUT2D eigenvalue weighted by Gasteiger charge is 2.46. The van der Waals surface area contributed by atoms with Gasteiger partial charge in [0, 0.05) is 24.1 Å². The van der Waals surface area contributed by atoms with E-state index in [9.17, 15) is 4.39 Å². The average Bonchev–Trinajstić information content (AvgIpc) is 3.23. The van der Waals surface area contributed by atoms with Gasteiger partial charge >= 0.3 is 0 Å². The summed E-state index contributed by atoms with van der Waals surface area (Å²) in [5, 5.41) is 0. The van der Waals surface area contributed by atoms with Crippen LogP contribution in [0.4, 0.5) is 4.39 Å². The van der Waals surface area contributed by atoms with Crippen molar-refractivity contribution in [3.63, 3.8) is 0 Å². The van der Waals surface area contributed by atoms with Crippen LogP contribution in [-0.2, 0) is 0 Å². The molecule has 0 spiro atoms. The Morgan fingerprint density at radius 3 is 2.74 bits per heavy atom. The minimum Gasteiger partial charge on any atom is -0.493 e. The molecular weight excluding hydrogens is 345 g/mol. The van der Waals surface area contributed by atoms with Gasteiger partial charge < -0.3 is 19.1 Å². The summed E-state index contributed by atoms with van der Waals surface area (Å²) in [4.78, 5) is 2.52. The predicted octanol–water partition coefficient (Wildman–Crippen LogP) is 4.20. The molecule has 142 valence electrons. The maximum atomic E-state index is 13.4. The number of piperidine rings is 1. The van der Waals surface area contributed by atoms with Crippen LogP contribution in [-0.4, -0.2) is 37.4 Å². The molecule has 0 aromatic heterocycles. The third-order valence-electron chi connectivity index (χ3n) is 6.52. The van der Waals surface area contributed by atoms with Crippen molar-refractivity contribution in [1.29, 1.82) is 0 Å². The molecule has 0 N–H and O–H groups in total. The molecule has 0 radical (unpaired) electrons. The predicted molar refractivity (Wildman–Crippen MR) is 99.9 cm³/mol. The Balaban J connectivity index is 1.37. The minimum absolute atomic E-state index is 0.178. The standard InChI is InChI=1S/C22H24FNO3/c1-24-16-6-8-20(24)19(18(10-16)14-2-4-15(23)5-3-14)12-25-17-7-9-21-22(11-17)27-13-26-21/h2-5,7,9,11,16,18-20H,6,8,10,12-13H2,1H3/t16-,18+,19+,20+/m1/s1. The molecule has 5 heteroatoms. The summed E-state index contributed by atoms with van der Waals surface area (Å²) in [6.45, 7) is 0.908. The molecule has 4 atom stereocenters. The van der Waals surface area contributed by atoms with E-state index in [0.717, 1.165) is 23.7 Å². The van der Waals surface area contributed by atoms with Crippen LogP contribution in [0.25, 0.3) is 0 Å². The molecule has 0 aliphatic carbocycles. The monoisotopic (exact) mass is 369 g/mol. The van der Waals surface area contributed by atoms with Gasteiger partial charge in [0.2, 0.25) is 6.79 Å². The van der Waals surface area contributed by atoms with Gasteiger partial charge in [-0.3, -0.25) is 0 Å². The fourth-order valence-corrected chi connectivity index (χ4v) is 5.06. The van der Waals surface area contributed by atoms with Crippen molar-refractivity contribution in [1.82, 2.24) is 4.90 Å². The van der Waals surface area contributed by atoms with E-state index < -0.39 is 0 Å². The second-order valence-electron chi connectivity index (χ2n) is 7.85. The Labute approximate surface area is 158 Å². The molecule has 2 saturated heterocycles. The summed E-state index contributed by atoms with van der Waals surface area (Å²) in [5.41, 5.74) is 1.22. The van der Waals surface area contributed by atoms with Crippen LogP contribution < -0.4 is 14.2 Å². The van der Waals surface area contributed by atoms with E-state index in [1.807, 2.05) is 30.3 Å². The average molecular weight is 369 g/mol. The van der Waals surface area contributed by atoms with Crippen molar-refractivity contribution in [3.8, 4) is 17.2 Å². The van der Waals surface area contributed by atoms with Crippen LogP contribution in [0.15, 0.2) is 42.5 Å². The molecule has 2 bridgehead atoms. The summed E-state index contributed by atoms with van der Waals surface area (Å²) in [5.74, 6) is 2.91. The summed E-state index contributed by atoms with van der Waals surface area (Å²) in [6.07, 6.45) is 3.54.